The van der Waals surface area contributed by atoms with Gasteiger partial charge in [-0.3, -0.25) is 0 Å². The first kappa shape index (κ1) is 13.8. The Labute approximate surface area is 92.6 Å². The Morgan fingerprint density at radius 3 is 1.93 bits per heavy atom. The summed E-state index contributed by atoms with van der Waals surface area (Å²) in [6.45, 7) is 0. The molecule has 1 aromatic carbocycles. The molecule has 0 spiro atoms. The molecule has 75 valence electrons. The zero-order chi connectivity index (χ0) is 10.2. The van der Waals surface area contributed by atoms with Gasteiger partial charge in [0.05, 0.1) is 0 Å². The van der Waals surface area contributed by atoms with E-state index in [1.807, 2.05) is 0 Å². The Kier molecular flexibility index (Phi) is 4.46. The van der Waals surface area contributed by atoms with Crippen LogP contribution in [0.2, 0.25) is 0 Å². The van der Waals surface area contributed by atoms with Crippen molar-refractivity contribution in [3.05, 3.63) is 29.3 Å². The molecule has 0 aliphatic rings. The molecule has 0 amide bonds. The van der Waals surface area contributed by atoms with Crippen molar-refractivity contribution in [2.75, 3.05) is 0 Å². The second-order valence-electron chi connectivity index (χ2n) is 2.42. The fraction of sp³-hybridized carbons (Fsp3) is 0.143. The molecule has 0 aliphatic carbocycles. The van der Waals surface area contributed by atoms with Crippen LogP contribution < -0.4 is 4.16 Å². The van der Waals surface area contributed by atoms with E-state index in [-0.39, 0.29) is 40.9 Å². The van der Waals surface area contributed by atoms with Crippen LogP contribution in [0.25, 0.3) is 0 Å². The van der Waals surface area contributed by atoms with Crippen molar-refractivity contribution in [1.29, 1.82) is 0 Å². The molecule has 1 rings (SSSR count). The second kappa shape index (κ2) is 4.54. The Morgan fingerprint density at radius 1 is 1.00 bits per heavy atom. The van der Waals surface area contributed by atoms with Gasteiger partial charge in [0, 0.05) is 0 Å². The van der Waals surface area contributed by atoms with Crippen LogP contribution >= 0.6 is 12.4 Å². The fourth-order valence-electron chi connectivity index (χ4n) is 0.811. The van der Waals surface area contributed by atoms with Gasteiger partial charge in [0.2, 0.25) is 0 Å². The van der Waals surface area contributed by atoms with Gasteiger partial charge in [0.1, 0.15) is 0 Å². The SMILES string of the molecule is Cl.Fc1cc(F)c(C(F)(F)F)c[c]1[Zn]. The maximum atomic E-state index is 12.6. The van der Waals surface area contributed by atoms with Gasteiger partial charge >= 0.3 is 79.9 Å². The summed E-state index contributed by atoms with van der Waals surface area (Å²) in [5.74, 6) is -2.49. The van der Waals surface area contributed by atoms with Crippen molar-refractivity contribution in [3.63, 3.8) is 0 Å². The van der Waals surface area contributed by atoms with E-state index in [1.165, 1.54) is 0 Å². The summed E-state index contributed by atoms with van der Waals surface area (Å²) in [4.78, 5) is 0. The molecule has 0 atom stereocenters. The van der Waals surface area contributed by atoms with Crippen LogP contribution in [0, 0.1) is 11.6 Å². The summed E-state index contributed by atoms with van der Waals surface area (Å²) in [6, 6.07) is 0.770. The summed E-state index contributed by atoms with van der Waals surface area (Å²) in [6.07, 6.45) is -4.76. The molecule has 14 heavy (non-hydrogen) atoms. The molecule has 0 aromatic heterocycles. The van der Waals surface area contributed by atoms with Crippen LogP contribution in [-0.4, -0.2) is 0 Å². The van der Waals surface area contributed by atoms with Crippen molar-refractivity contribution in [2.24, 2.45) is 0 Å². The van der Waals surface area contributed by atoms with Crippen molar-refractivity contribution >= 4 is 16.6 Å². The van der Waals surface area contributed by atoms with Gasteiger partial charge in [-0.15, -0.1) is 12.4 Å². The van der Waals surface area contributed by atoms with Crippen LogP contribution in [0.5, 0.6) is 0 Å². The van der Waals surface area contributed by atoms with E-state index in [0.29, 0.717) is 6.07 Å². The molecule has 0 saturated carbocycles. The van der Waals surface area contributed by atoms with Gasteiger partial charge in [-0.25, -0.2) is 0 Å². The van der Waals surface area contributed by atoms with E-state index >= 15 is 0 Å². The molecule has 0 nitrogen and oxygen atoms in total. The normalized spacial score (nSPS) is 11.1. The maximum absolute atomic E-state index is 12.6. The second-order valence-corrected chi connectivity index (χ2v) is 4.02. The molecular formula is C7H3ClF5Zn. The van der Waals surface area contributed by atoms with Gasteiger partial charge in [-0.05, 0) is 0 Å². The van der Waals surface area contributed by atoms with Gasteiger partial charge < -0.3 is 0 Å². The summed E-state index contributed by atoms with van der Waals surface area (Å²) < 4.78 is 61.1. The number of hydrogen-bond donors (Lipinski definition) is 0. The molecule has 0 heterocycles. The van der Waals surface area contributed by atoms with Crippen LogP contribution in [0.4, 0.5) is 22.0 Å². The predicted molar refractivity (Wildman–Crippen MR) is 38.2 cm³/mol. The third kappa shape index (κ3) is 2.89. The monoisotopic (exact) mass is 281 g/mol. The fourth-order valence-corrected chi connectivity index (χ4v) is 1.45. The zero-order valence-electron chi connectivity index (χ0n) is 6.66. The van der Waals surface area contributed by atoms with Crippen molar-refractivity contribution in [2.45, 2.75) is 6.18 Å². The van der Waals surface area contributed by atoms with E-state index < -0.39 is 23.4 Å². The topological polar surface area (TPSA) is 0 Å². The average Bonchev–Trinajstić information content (AvgIpc) is 1.94. The number of benzene rings is 1. The van der Waals surface area contributed by atoms with E-state index in [0.717, 1.165) is 0 Å². The van der Waals surface area contributed by atoms with Crippen LogP contribution in [-0.2, 0) is 24.5 Å². The average molecular weight is 283 g/mol. The zero-order valence-corrected chi connectivity index (χ0v) is 10.4. The van der Waals surface area contributed by atoms with E-state index in [4.69, 9.17) is 0 Å². The van der Waals surface area contributed by atoms with Gasteiger partial charge in [0.15, 0.2) is 0 Å². The standard InChI is InChI=1S/C7H2F5.ClH.Zn/c8-4-1-2-5(6(9)3-4)7(10,11)12;;/h2-3H;1H;. The number of rotatable bonds is 0. The van der Waals surface area contributed by atoms with Gasteiger partial charge in [0.25, 0.3) is 0 Å². The van der Waals surface area contributed by atoms with Crippen LogP contribution in [0.3, 0.4) is 0 Å². The Bertz CT molecular complexity index is 336. The minimum atomic E-state index is -4.76. The third-order valence-corrected chi connectivity index (χ3v) is 2.58. The molecule has 0 aliphatic heterocycles. The summed E-state index contributed by atoms with van der Waals surface area (Å²) in [5.41, 5.74) is -1.41. The van der Waals surface area contributed by atoms with E-state index in [1.54, 1.807) is 0 Å². The van der Waals surface area contributed by atoms with Crippen LogP contribution in [0.15, 0.2) is 12.1 Å². The molecule has 0 fully saturated rings. The Morgan fingerprint density at radius 2 is 1.50 bits per heavy atom. The molecule has 0 saturated heterocycles. The number of halogens is 6. The minimum absolute atomic E-state index is 0. The molecule has 0 unspecified atom stereocenters. The van der Waals surface area contributed by atoms with Gasteiger partial charge in [-0.1, -0.05) is 0 Å². The van der Waals surface area contributed by atoms with Crippen molar-refractivity contribution < 1.29 is 40.3 Å². The first-order valence-electron chi connectivity index (χ1n) is 3.20. The molecule has 0 N–H and O–H groups in total. The number of hydrogen-bond acceptors (Lipinski definition) is 0. The molecule has 1 aromatic rings. The predicted octanol–water partition coefficient (Wildman–Crippen LogP) is 2.58. The van der Waals surface area contributed by atoms with Gasteiger partial charge in [-0.2, -0.15) is 0 Å². The van der Waals surface area contributed by atoms with Crippen LogP contribution in [0.1, 0.15) is 5.56 Å². The quantitative estimate of drug-likeness (QED) is 0.507. The van der Waals surface area contributed by atoms with E-state index in [2.05, 4.69) is 0 Å². The molecule has 0 radical (unpaired) electrons. The summed E-state index contributed by atoms with van der Waals surface area (Å²) in [5, 5.41) is 0. The first-order valence-corrected chi connectivity index (χ1v) is 4.69. The van der Waals surface area contributed by atoms with Crippen molar-refractivity contribution in [3.8, 4) is 0 Å². The van der Waals surface area contributed by atoms with E-state index in [9.17, 15) is 22.0 Å². The molecule has 7 heteroatoms. The van der Waals surface area contributed by atoms with Crippen molar-refractivity contribution in [1.82, 2.24) is 0 Å². The first-order chi connectivity index (χ1) is 5.82. The summed E-state index contributed by atoms with van der Waals surface area (Å²) in [7, 11) is 0. The molecule has 0 bridgehead atoms. The Hall–Kier alpha value is -0.217. The number of alkyl halides is 3. The summed E-state index contributed by atoms with van der Waals surface area (Å²) >= 11 is 0.217. The molecular weight excluding hydrogens is 280 g/mol. The Balaban J connectivity index is 0.00000169. The third-order valence-electron chi connectivity index (χ3n) is 1.44.